The number of hydrogen-bond donors (Lipinski definition) is 0. The van der Waals surface area contributed by atoms with Gasteiger partial charge in [-0.05, 0) is 32.9 Å². The molecule has 2 rings (SSSR count). The highest BCUT2D eigenvalue weighted by Gasteiger charge is 2.26. The van der Waals surface area contributed by atoms with Gasteiger partial charge in [0, 0.05) is 31.7 Å². The zero-order valence-corrected chi connectivity index (χ0v) is 11.7. The first-order valence-corrected chi connectivity index (χ1v) is 6.62. The van der Waals surface area contributed by atoms with Crippen molar-refractivity contribution >= 4 is 5.69 Å². The van der Waals surface area contributed by atoms with Crippen LogP contribution in [0.1, 0.15) is 32.9 Å². The third kappa shape index (κ3) is 3.41. The SMILES string of the molecule is CC(C)(C)N1CCN(c2ccc(C(F)F)nc2)CC1. The number of alkyl halides is 2. The van der Waals surface area contributed by atoms with Gasteiger partial charge in [0.2, 0.25) is 0 Å². The smallest absolute Gasteiger partial charge is 0.280 e. The fourth-order valence-corrected chi connectivity index (χ4v) is 2.35. The zero-order valence-electron chi connectivity index (χ0n) is 11.7. The van der Waals surface area contributed by atoms with Crippen molar-refractivity contribution in [3.63, 3.8) is 0 Å². The lowest BCUT2D eigenvalue weighted by molar-refractivity contribution is 0.128. The average molecular weight is 269 g/mol. The maximum atomic E-state index is 12.4. The molecule has 1 aliphatic heterocycles. The van der Waals surface area contributed by atoms with E-state index in [-0.39, 0.29) is 11.2 Å². The van der Waals surface area contributed by atoms with Gasteiger partial charge in [-0.1, -0.05) is 0 Å². The fourth-order valence-electron chi connectivity index (χ4n) is 2.35. The summed E-state index contributed by atoms with van der Waals surface area (Å²) in [5.74, 6) is 0. The molecule has 5 heteroatoms. The Morgan fingerprint density at radius 1 is 1.11 bits per heavy atom. The second-order valence-electron chi connectivity index (χ2n) is 5.89. The van der Waals surface area contributed by atoms with E-state index in [4.69, 9.17) is 0 Å². The van der Waals surface area contributed by atoms with Crippen molar-refractivity contribution in [2.75, 3.05) is 31.1 Å². The molecule has 0 unspecified atom stereocenters. The number of pyridine rings is 1. The molecule has 1 saturated heterocycles. The lowest BCUT2D eigenvalue weighted by atomic mass is 10.0. The lowest BCUT2D eigenvalue weighted by Gasteiger charge is -2.42. The Morgan fingerprint density at radius 2 is 1.74 bits per heavy atom. The van der Waals surface area contributed by atoms with Gasteiger partial charge in [-0.25, -0.2) is 8.78 Å². The van der Waals surface area contributed by atoms with Crippen molar-refractivity contribution in [1.29, 1.82) is 0 Å². The summed E-state index contributed by atoms with van der Waals surface area (Å²) in [4.78, 5) is 8.45. The van der Waals surface area contributed by atoms with Gasteiger partial charge in [0.1, 0.15) is 5.69 Å². The Hall–Kier alpha value is -1.23. The highest BCUT2D eigenvalue weighted by Crippen LogP contribution is 2.22. The number of anilines is 1. The maximum absolute atomic E-state index is 12.4. The summed E-state index contributed by atoms with van der Waals surface area (Å²) in [6.07, 6.45) is -0.944. The number of piperazine rings is 1. The highest BCUT2D eigenvalue weighted by molar-refractivity contribution is 5.45. The van der Waals surface area contributed by atoms with Crippen LogP contribution >= 0.6 is 0 Å². The van der Waals surface area contributed by atoms with Crippen LogP contribution in [-0.4, -0.2) is 41.6 Å². The molecule has 0 saturated carbocycles. The van der Waals surface area contributed by atoms with Crippen molar-refractivity contribution < 1.29 is 8.78 Å². The van der Waals surface area contributed by atoms with Crippen molar-refractivity contribution in [3.8, 4) is 0 Å². The number of hydrogen-bond acceptors (Lipinski definition) is 3. The Morgan fingerprint density at radius 3 is 2.16 bits per heavy atom. The maximum Gasteiger partial charge on any atom is 0.280 e. The van der Waals surface area contributed by atoms with Crippen LogP contribution in [0.25, 0.3) is 0 Å². The first-order valence-electron chi connectivity index (χ1n) is 6.62. The minimum absolute atomic E-state index is 0.155. The molecule has 1 aromatic rings. The van der Waals surface area contributed by atoms with E-state index in [1.54, 1.807) is 12.3 Å². The van der Waals surface area contributed by atoms with Gasteiger partial charge in [-0.3, -0.25) is 9.88 Å². The molecule has 0 N–H and O–H groups in total. The minimum atomic E-state index is -2.49. The molecule has 2 heterocycles. The standard InChI is InChI=1S/C14H21F2N3/c1-14(2,3)19-8-6-18(7-9-19)11-4-5-12(13(15)16)17-10-11/h4-5,10,13H,6-9H2,1-3H3. The van der Waals surface area contributed by atoms with E-state index in [1.165, 1.54) is 6.07 Å². The molecular formula is C14H21F2N3. The molecule has 0 aromatic carbocycles. The van der Waals surface area contributed by atoms with Crippen LogP contribution in [0, 0.1) is 0 Å². The molecule has 0 bridgehead atoms. The van der Waals surface area contributed by atoms with Crippen molar-refractivity contribution in [2.24, 2.45) is 0 Å². The summed E-state index contributed by atoms with van der Waals surface area (Å²) in [6.45, 7) is 10.4. The van der Waals surface area contributed by atoms with Crippen LogP contribution in [0.4, 0.5) is 14.5 Å². The largest absolute Gasteiger partial charge is 0.368 e. The van der Waals surface area contributed by atoms with Gasteiger partial charge in [-0.2, -0.15) is 0 Å². The number of rotatable bonds is 2. The molecule has 0 radical (unpaired) electrons. The number of halogens is 2. The molecule has 0 atom stereocenters. The molecule has 3 nitrogen and oxygen atoms in total. The summed E-state index contributed by atoms with van der Waals surface area (Å²) in [5, 5.41) is 0. The molecule has 1 fully saturated rings. The quantitative estimate of drug-likeness (QED) is 0.823. The fraction of sp³-hybridized carbons (Fsp3) is 0.643. The van der Waals surface area contributed by atoms with Crippen LogP contribution in [0.15, 0.2) is 18.3 Å². The molecule has 19 heavy (non-hydrogen) atoms. The first-order chi connectivity index (χ1) is 8.88. The summed E-state index contributed by atoms with van der Waals surface area (Å²) in [6, 6.07) is 3.15. The summed E-state index contributed by atoms with van der Waals surface area (Å²) in [7, 11) is 0. The van der Waals surface area contributed by atoms with Crippen molar-refractivity contribution in [2.45, 2.75) is 32.7 Å². The third-order valence-corrected chi connectivity index (χ3v) is 3.59. The van der Waals surface area contributed by atoms with E-state index in [2.05, 4.69) is 35.6 Å². The molecule has 0 spiro atoms. The molecule has 1 aliphatic rings. The van der Waals surface area contributed by atoms with Gasteiger partial charge in [0.15, 0.2) is 0 Å². The van der Waals surface area contributed by atoms with E-state index in [1.807, 2.05) is 0 Å². The van der Waals surface area contributed by atoms with Gasteiger partial charge in [-0.15, -0.1) is 0 Å². The van der Waals surface area contributed by atoms with Crippen LogP contribution in [0.2, 0.25) is 0 Å². The van der Waals surface area contributed by atoms with Crippen LogP contribution < -0.4 is 4.90 Å². The van der Waals surface area contributed by atoms with Gasteiger partial charge in [0.05, 0.1) is 11.9 Å². The molecule has 0 amide bonds. The summed E-state index contributed by atoms with van der Waals surface area (Å²) >= 11 is 0. The van der Waals surface area contributed by atoms with Crippen LogP contribution in [0.3, 0.4) is 0 Å². The first kappa shape index (κ1) is 14.2. The van der Waals surface area contributed by atoms with E-state index in [9.17, 15) is 8.78 Å². The number of nitrogens with zero attached hydrogens (tertiary/aromatic N) is 3. The normalized spacial score (nSPS) is 18.1. The molecule has 1 aromatic heterocycles. The second-order valence-corrected chi connectivity index (χ2v) is 5.89. The van der Waals surface area contributed by atoms with Gasteiger partial charge >= 0.3 is 0 Å². The summed E-state index contributed by atoms with van der Waals surface area (Å²) in [5.41, 5.74) is 0.958. The van der Waals surface area contributed by atoms with Crippen molar-refractivity contribution in [3.05, 3.63) is 24.0 Å². The summed E-state index contributed by atoms with van der Waals surface area (Å²) < 4.78 is 24.9. The van der Waals surface area contributed by atoms with Gasteiger partial charge in [0.25, 0.3) is 6.43 Å². The predicted molar refractivity (Wildman–Crippen MR) is 72.7 cm³/mol. The second kappa shape index (κ2) is 5.41. The van der Waals surface area contributed by atoms with E-state index >= 15 is 0 Å². The highest BCUT2D eigenvalue weighted by atomic mass is 19.3. The third-order valence-electron chi connectivity index (χ3n) is 3.59. The van der Waals surface area contributed by atoms with E-state index in [0.717, 1.165) is 31.9 Å². The Bertz CT molecular complexity index is 404. The monoisotopic (exact) mass is 269 g/mol. The Labute approximate surface area is 113 Å². The molecular weight excluding hydrogens is 248 g/mol. The van der Waals surface area contributed by atoms with E-state index < -0.39 is 6.43 Å². The van der Waals surface area contributed by atoms with Crippen LogP contribution in [-0.2, 0) is 0 Å². The average Bonchev–Trinajstić information content (AvgIpc) is 2.38. The minimum Gasteiger partial charge on any atom is -0.368 e. The van der Waals surface area contributed by atoms with Crippen LogP contribution in [0.5, 0.6) is 0 Å². The predicted octanol–water partition coefficient (Wildman–Crippen LogP) is 2.94. The van der Waals surface area contributed by atoms with E-state index in [0.29, 0.717) is 0 Å². The Balaban J connectivity index is 1.98. The van der Waals surface area contributed by atoms with Gasteiger partial charge < -0.3 is 4.90 Å². The lowest BCUT2D eigenvalue weighted by Crippen LogP contribution is -2.53. The molecule has 106 valence electrons. The number of aromatic nitrogens is 1. The van der Waals surface area contributed by atoms with Crippen molar-refractivity contribution in [1.82, 2.24) is 9.88 Å². The zero-order chi connectivity index (χ0) is 14.0. The molecule has 0 aliphatic carbocycles. The topological polar surface area (TPSA) is 19.4 Å². The Kier molecular flexibility index (Phi) is 4.04.